The highest BCUT2D eigenvalue weighted by molar-refractivity contribution is 7.80. The number of hydrogen-bond acceptors (Lipinski definition) is 4. The van der Waals surface area contributed by atoms with E-state index in [1.807, 2.05) is 13.0 Å². The van der Waals surface area contributed by atoms with Gasteiger partial charge in [0, 0.05) is 37.8 Å². The molecule has 3 rings (SSSR count). The zero-order chi connectivity index (χ0) is 21.9. The van der Waals surface area contributed by atoms with Gasteiger partial charge in [0.2, 0.25) is 0 Å². The van der Waals surface area contributed by atoms with Gasteiger partial charge in [-0.15, -0.1) is 0 Å². The molecule has 0 radical (unpaired) electrons. The van der Waals surface area contributed by atoms with Crippen molar-refractivity contribution in [2.75, 3.05) is 46.0 Å². The van der Waals surface area contributed by atoms with Gasteiger partial charge < -0.3 is 19.7 Å². The maximum atomic E-state index is 5.99. The number of ether oxygens (including phenoxy) is 2. The van der Waals surface area contributed by atoms with Crippen molar-refractivity contribution in [3.05, 3.63) is 29.8 Å². The van der Waals surface area contributed by atoms with Crippen LogP contribution in [0.15, 0.2) is 24.3 Å². The number of para-hydroxylation sites is 1. The largest absolute Gasteiger partial charge is 0.494 e. The molecule has 0 bridgehead atoms. The molecular formula is C25H41N3O2S. The normalized spacial score (nSPS) is 19.4. The lowest BCUT2D eigenvalue weighted by Gasteiger charge is -2.35. The van der Waals surface area contributed by atoms with Crippen molar-refractivity contribution in [2.24, 2.45) is 0 Å². The van der Waals surface area contributed by atoms with Crippen LogP contribution in [0, 0.1) is 0 Å². The molecule has 6 heteroatoms. The van der Waals surface area contributed by atoms with Crippen LogP contribution in [0.1, 0.15) is 70.4 Å². The molecule has 2 fully saturated rings. The topological polar surface area (TPSA) is 37.0 Å². The van der Waals surface area contributed by atoms with Gasteiger partial charge in [-0.05, 0) is 51.4 Å². The van der Waals surface area contributed by atoms with Crippen molar-refractivity contribution < 1.29 is 9.47 Å². The lowest BCUT2D eigenvalue weighted by Crippen LogP contribution is -2.46. The third-order valence-electron chi connectivity index (χ3n) is 6.56. The van der Waals surface area contributed by atoms with E-state index in [9.17, 15) is 0 Å². The molecule has 1 N–H and O–H groups in total. The highest BCUT2D eigenvalue weighted by atomic mass is 32.1. The van der Waals surface area contributed by atoms with Gasteiger partial charge in [-0.1, -0.05) is 43.9 Å². The van der Waals surface area contributed by atoms with E-state index in [2.05, 4.69) is 40.2 Å². The summed E-state index contributed by atoms with van der Waals surface area (Å²) in [5.41, 5.74) is 1.21. The number of nitrogens with one attached hydrogen (secondary N) is 1. The van der Waals surface area contributed by atoms with Crippen LogP contribution in [0.3, 0.4) is 0 Å². The number of benzene rings is 1. The van der Waals surface area contributed by atoms with Crippen LogP contribution in [0.2, 0.25) is 0 Å². The van der Waals surface area contributed by atoms with Crippen LogP contribution >= 0.6 is 12.2 Å². The predicted octanol–water partition coefficient (Wildman–Crippen LogP) is 4.77. The first-order chi connectivity index (χ1) is 15.2. The summed E-state index contributed by atoms with van der Waals surface area (Å²) >= 11 is 5.99. The number of hydrogen-bond donors (Lipinski definition) is 1. The molecule has 1 aliphatic heterocycles. The fourth-order valence-corrected chi connectivity index (χ4v) is 5.14. The average molecular weight is 448 g/mol. The molecular weight excluding hydrogens is 406 g/mol. The third-order valence-corrected chi connectivity index (χ3v) is 6.91. The Morgan fingerprint density at radius 2 is 1.90 bits per heavy atom. The summed E-state index contributed by atoms with van der Waals surface area (Å²) in [5, 5.41) is 4.63. The van der Waals surface area contributed by atoms with Gasteiger partial charge in [0.25, 0.3) is 0 Å². The molecule has 5 nitrogen and oxygen atoms in total. The minimum Gasteiger partial charge on any atom is -0.494 e. The fourth-order valence-electron chi connectivity index (χ4n) is 4.72. The van der Waals surface area contributed by atoms with Gasteiger partial charge >= 0.3 is 0 Å². The number of rotatable bonds is 9. The lowest BCUT2D eigenvalue weighted by molar-refractivity contribution is 0.0365. The molecule has 1 aliphatic carbocycles. The molecule has 1 saturated heterocycles. The standard InChI is InChI=1S/C25H41N3O2S/c1-3-30-24-14-9-8-13-23(24)21(2)28(16-10-15-27-17-19-29-20-18-27)25(31)26-22-11-6-4-5-7-12-22/h8-9,13-14,21-22H,3-7,10-12,15-20H2,1-2H3,(H,26,31)/t21-/m1/s1. The van der Waals surface area contributed by atoms with Crippen LogP contribution in [0.4, 0.5) is 0 Å². The summed E-state index contributed by atoms with van der Waals surface area (Å²) < 4.78 is 11.4. The molecule has 174 valence electrons. The summed E-state index contributed by atoms with van der Waals surface area (Å²) in [7, 11) is 0. The Hall–Kier alpha value is -1.37. The molecule has 0 unspecified atom stereocenters. The van der Waals surface area contributed by atoms with Crippen molar-refractivity contribution in [3.63, 3.8) is 0 Å². The van der Waals surface area contributed by atoms with E-state index in [-0.39, 0.29) is 6.04 Å². The fraction of sp³-hybridized carbons (Fsp3) is 0.720. The van der Waals surface area contributed by atoms with Crippen molar-refractivity contribution in [1.29, 1.82) is 0 Å². The second-order valence-electron chi connectivity index (χ2n) is 8.79. The first kappa shape index (κ1) is 24.3. The van der Waals surface area contributed by atoms with E-state index in [1.165, 1.54) is 44.1 Å². The monoisotopic (exact) mass is 447 g/mol. The van der Waals surface area contributed by atoms with Gasteiger partial charge in [0.15, 0.2) is 5.11 Å². The van der Waals surface area contributed by atoms with Gasteiger partial charge in [0.1, 0.15) is 5.75 Å². The molecule has 1 saturated carbocycles. The van der Waals surface area contributed by atoms with Crippen molar-refractivity contribution in [3.8, 4) is 5.75 Å². The molecule has 31 heavy (non-hydrogen) atoms. The van der Waals surface area contributed by atoms with Crippen LogP contribution in [0.25, 0.3) is 0 Å². The third kappa shape index (κ3) is 7.62. The molecule has 2 aliphatic rings. The molecule has 0 aromatic heterocycles. The van der Waals surface area contributed by atoms with Gasteiger partial charge in [-0.25, -0.2) is 0 Å². The van der Waals surface area contributed by atoms with Gasteiger partial charge in [-0.2, -0.15) is 0 Å². The van der Waals surface area contributed by atoms with E-state index < -0.39 is 0 Å². The highest BCUT2D eigenvalue weighted by Gasteiger charge is 2.24. The molecule has 0 spiro atoms. The highest BCUT2D eigenvalue weighted by Crippen LogP contribution is 2.30. The summed E-state index contributed by atoms with van der Waals surface area (Å²) in [6, 6.07) is 9.07. The molecule has 1 aromatic rings. The predicted molar refractivity (Wildman–Crippen MR) is 132 cm³/mol. The quantitative estimate of drug-likeness (QED) is 0.434. The minimum absolute atomic E-state index is 0.165. The SMILES string of the molecule is CCOc1ccccc1[C@@H](C)N(CCCN1CCOCC1)C(=S)NC1CCCCCC1. The summed E-state index contributed by atoms with van der Waals surface area (Å²) in [5.74, 6) is 0.966. The van der Waals surface area contributed by atoms with Crippen molar-refractivity contribution in [2.45, 2.75) is 70.9 Å². The number of morpholine rings is 1. The van der Waals surface area contributed by atoms with Crippen LogP contribution < -0.4 is 10.1 Å². The first-order valence-corrected chi connectivity index (χ1v) is 12.7. The molecule has 0 amide bonds. The molecule has 1 atom stereocenters. The van der Waals surface area contributed by atoms with Gasteiger partial charge in [0.05, 0.1) is 25.9 Å². The first-order valence-electron chi connectivity index (χ1n) is 12.3. The lowest BCUT2D eigenvalue weighted by atomic mass is 10.1. The van der Waals surface area contributed by atoms with Crippen molar-refractivity contribution >= 4 is 17.3 Å². The van der Waals surface area contributed by atoms with Gasteiger partial charge in [-0.3, -0.25) is 4.90 Å². The Kier molecular flexibility index (Phi) is 10.4. The minimum atomic E-state index is 0.165. The van der Waals surface area contributed by atoms with Crippen LogP contribution in [-0.2, 0) is 4.74 Å². The maximum Gasteiger partial charge on any atom is 0.169 e. The zero-order valence-corrected chi connectivity index (χ0v) is 20.3. The van der Waals surface area contributed by atoms with E-state index in [0.29, 0.717) is 12.6 Å². The van der Waals surface area contributed by atoms with E-state index in [0.717, 1.165) is 56.7 Å². The summed E-state index contributed by atoms with van der Waals surface area (Å²) in [6.07, 6.45) is 8.86. The second-order valence-corrected chi connectivity index (χ2v) is 9.17. The van der Waals surface area contributed by atoms with E-state index in [4.69, 9.17) is 21.7 Å². The van der Waals surface area contributed by atoms with Crippen LogP contribution in [-0.4, -0.2) is 67.0 Å². The molecule has 1 heterocycles. The Bertz CT molecular complexity index is 658. The average Bonchev–Trinajstić information content (AvgIpc) is 3.06. The Labute approximate surface area is 194 Å². The Morgan fingerprint density at radius 3 is 2.61 bits per heavy atom. The maximum absolute atomic E-state index is 5.99. The zero-order valence-electron chi connectivity index (χ0n) is 19.5. The second kappa shape index (κ2) is 13.2. The number of nitrogens with zero attached hydrogens (tertiary/aromatic N) is 2. The van der Waals surface area contributed by atoms with Crippen LogP contribution in [0.5, 0.6) is 5.75 Å². The van der Waals surface area contributed by atoms with E-state index >= 15 is 0 Å². The van der Waals surface area contributed by atoms with E-state index in [1.54, 1.807) is 0 Å². The Morgan fingerprint density at radius 1 is 1.19 bits per heavy atom. The Balaban J connectivity index is 1.68. The summed E-state index contributed by atoms with van der Waals surface area (Å²) in [4.78, 5) is 4.89. The molecule has 1 aromatic carbocycles. The number of thiocarbonyl (C=S) groups is 1. The smallest absolute Gasteiger partial charge is 0.169 e. The summed E-state index contributed by atoms with van der Waals surface area (Å²) in [6.45, 7) is 10.8. The van der Waals surface area contributed by atoms with Crippen molar-refractivity contribution in [1.82, 2.24) is 15.1 Å².